The summed E-state index contributed by atoms with van der Waals surface area (Å²) < 4.78 is 1.80. The Balaban J connectivity index is 1.58. The predicted molar refractivity (Wildman–Crippen MR) is 94.5 cm³/mol. The third-order valence-corrected chi connectivity index (χ3v) is 5.83. The molecule has 2 fully saturated rings. The molecule has 2 aromatic rings. The molecule has 23 heavy (non-hydrogen) atoms. The molecular formula is C17H22N4OS. The average Bonchev–Trinajstić information content (AvgIpc) is 3.25. The summed E-state index contributed by atoms with van der Waals surface area (Å²) in [6.45, 7) is 2.21. The van der Waals surface area contributed by atoms with Crippen LogP contribution in [0.25, 0.3) is 5.52 Å². The summed E-state index contributed by atoms with van der Waals surface area (Å²) in [4.78, 5) is 15.0. The lowest BCUT2D eigenvalue weighted by Crippen LogP contribution is -2.37. The Labute approximate surface area is 140 Å². The van der Waals surface area contributed by atoms with E-state index in [4.69, 9.17) is 0 Å². The van der Waals surface area contributed by atoms with Gasteiger partial charge in [-0.25, -0.2) is 4.52 Å². The van der Waals surface area contributed by atoms with Crippen LogP contribution >= 0.6 is 11.8 Å². The molecule has 122 valence electrons. The molecule has 0 spiro atoms. The van der Waals surface area contributed by atoms with Crippen molar-refractivity contribution < 1.29 is 4.79 Å². The van der Waals surface area contributed by atoms with Gasteiger partial charge in [-0.3, -0.25) is 4.79 Å². The van der Waals surface area contributed by atoms with Gasteiger partial charge < -0.3 is 10.2 Å². The summed E-state index contributed by atoms with van der Waals surface area (Å²) in [6, 6.07) is 4.50. The summed E-state index contributed by atoms with van der Waals surface area (Å²) in [5.41, 5.74) is 2.78. The molecule has 2 saturated heterocycles. The molecule has 0 aliphatic carbocycles. The second-order valence-corrected chi connectivity index (χ2v) is 7.55. The zero-order valence-electron chi connectivity index (χ0n) is 13.2. The Hall–Kier alpha value is -1.69. The van der Waals surface area contributed by atoms with Gasteiger partial charge in [-0.1, -0.05) is 0 Å². The monoisotopic (exact) mass is 330 g/mol. The van der Waals surface area contributed by atoms with Gasteiger partial charge in [0.2, 0.25) is 0 Å². The van der Waals surface area contributed by atoms with E-state index in [9.17, 15) is 4.79 Å². The molecule has 5 nitrogen and oxygen atoms in total. The Bertz CT molecular complexity index is 702. The molecule has 1 N–H and O–H groups in total. The number of fused-ring (bicyclic) bond motifs is 1. The van der Waals surface area contributed by atoms with E-state index in [2.05, 4.69) is 27.4 Å². The first-order chi connectivity index (χ1) is 11.3. The number of thioether (sulfide) groups is 1. The predicted octanol–water partition coefficient (Wildman–Crippen LogP) is 2.56. The molecule has 0 atom stereocenters. The maximum atomic E-state index is 12.6. The van der Waals surface area contributed by atoms with Gasteiger partial charge in [0, 0.05) is 31.0 Å². The van der Waals surface area contributed by atoms with Crippen molar-refractivity contribution in [3.05, 3.63) is 30.1 Å². The standard InChI is InChI=1S/C17H22N4OS/c22-17(19-13-4-9-23-10-5-13)15-12-18-21-8-3-14(11-16(15)21)20-6-1-2-7-20/h3,8,11-13H,1-2,4-7,9-10H2,(H,19,22). The average molecular weight is 330 g/mol. The highest BCUT2D eigenvalue weighted by Crippen LogP contribution is 2.24. The first kappa shape index (κ1) is 14.9. The van der Waals surface area contributed by atoms with Crippen LogP contribution in [0.1, 0.15) is 36.0 Å². The maximum Gasteiger partial charge on any atom is 0.255 e. The van der Waals surface area contributed by atoms with Crippen LogP contribution in [0.15, 0.2) is 24.5 Å². The fourth-order valence-corrected chi connectivity index (χ4v) is 4.53. The molecule has 2 aliphatic heterocycles. The number of pyridine rings is 1. The molecule has 0 saturated carbocycles. The van der Waals surface area contributed by atoms with E-state index in [1.165, 1.54) is 18.5 Å². The van der Waals surface area contributed by atoms with Gasteiger partial charge in [0.05, 0.1) is 17.3 Å². The molecule has 2 aliphatic rings. The normalized spacial score (nSPS) is 19.4. The summed E-state index contributed by atoms with van der Waals surface area (Å²) >= 11 is 1.97. The number of nitrogens with zero attached hydrogens (tertiary/aromatic N) is 3. The fourth-order valence-electron chi connectivity index (χ4n) is 3.42. The number of carbonyl (C=O) groups excluding carboxylic acids is 1. The van der Waals surface area contributed by atoms with Crippen LogP contribution in [-0.2, 0) is 0 Å². The molecule has 2 aromatic heterocycles. The number of nitrogens with one attached hydrogen (secondary N) is 1. The highest BCUT2D eigenvalue weighted by molar-refractivity contribution is 7.99. The molecule has 0 unspecified atom stereocenters. The maximum absolute atomic E-state index is 12.6. The topological polar surface area (TPSA) is 49.6 Å². The van der Waals surface area contributed by atoms with Crippen molar-refractivity contribution in [2.75, 3.05) is 29.5 Å². The first-order valence-electron chi connectivity index (χ1n) is 8.42. The number of carbonyl (C=O) groups is 1. The van der Waals surface area contributed by atoms with E-state index in [0.29, 0.717) is 11.6 Å². The van der Waals surface area contributed by atoms with Crippen LogP contribution in [0.2, 0.25) is 0 Å². The highest BCUT2D eigenvalue weighted by atomic mass is 32.2. The fraction of sp³-hybridized carbons (Fsp3) is 0.529. The largest absolute Gasteiger partial charge is 0.371 e. The summed E-state index contributed by atoms with van der Waals surface area (Å²) in [5.74, 6) is 2.29. The smallest absolute Gasteiger partial charge is 0.255 e. The zero-order chi connectivity index (χ0) is 15.6. The molecule has 0 bridgehead atoms. The van der Waals surface area contributed by atoms with Crippen molar-refractivity contribution >= 4 is 28.9 Å². The van der Waals surface area contributed by atoms with Crippen LogP contribution < -0.4 is 10.2 Å². The minimum atomic E-state index is 0.00970. The Morgan fingerprint density at radius 3 is 2.83 bits per heavy atom. The highest BCUT2D eigenvalue weighted by Gasteiger charge is 2.20. The molecule has 6 heteroatoms. The van der Waals surface area contributed by atoms with Crippen molar-refractivity contribution in [2.24, 2.45) is 0 Å². The number of hydrogen-bond acceptors (Lipinski definition) is 4. The third kappa shape index (κ3) is 3.04. The van der Waals surface area contributed by atoms with E-state index >= 15 is 0 Å². The van der Waals surface area contributed by atoms with Crippen LogP contribution in [0.4, 0.5) is 5.69 Å². The lowest BCUT2D eigenvalue weighted by Gasteiger charge is -2.22. The SMILES string of the molecule is O=C(NC1CCSCC1)c1cnn2ccc(N3CCCC3)cc12. The van der Waals surface area contributed by atoms with Crippen molar-refractivity contribution in [3.63, 3.8) is 0 Å². The number of amides is 1. The molecular weight excluding hydrogens is 308 g/mol. The van der Waals surface area contributed by atoms with Crippen LogP contribution in [0.3, 0.4) is 0 Å². The van der Waals surface area contributed by atoms with Crippen molar-refractivity contribution in [3.8, 4) is 0 Å². The minimum absolute atomic E-state index is 0.00970. The van der Waals surface area contributed by atoms with Crippen molar-refractivity contribution in [1.82, 2.24) is 14.9 Å². The van der Waals surface area contributed by atoms with E-state index in [0.717, 1.165) is 43.0 Å². The van der Waals surface area contributed by atoms with Gasteiger partial charge in [-0.2, -0.15) is 16.9 Å². The first-order valence-corrected chi connectivity index (χ1v) is 9.58. The summed E-state index contributed by atoms with van der Waals surface area (Å²) in [7, 11) is 0. The van der Waals surface area contributed by atoms with E-state index < -0.39 is 0 Å². The number of hydrogen-bond donors (Lipinski definition) is 1. The Morgan fingerprint density at radius 1 is 1.26 bits per heavy atom. The quantitative estimate of drug-likeness (QED) is 0.940. The Kier molecular flexibility index (Phi) is 4.16. The van der Waals surface area contributed by atoms with Gasteiger partial charge in [0.1, 0.15) is 0 Å². The zero-order valence-corrected chi connectivity index (χ0v) is 14.0. The minimum Gasteiger partial charge on any atom is -0.371 e. The molecule has 0 radical (unpaired) electrons. The van der Waals surface area contributed by atoms with E-state index in [1.54, 1.807) is 10.7 Å². The molecule has 4 rings (SSSR count). The van der Waals surface area contributed by atoms with Crippen molar-refractivity contribution in [1.29, 1.82) is 0 Å². The lowest BCUT2D eigenvalue weighted by atomic mass is 10.1. The van der Waals surface area contributed by atoms with Gasteiger partial charge in [0.15, 0.2) is 0 Å². The van der Waals surface area contributed by atoms with E-state index in [1.807, 2.05) is 18.0 Å². The molecule has 0 aromatic carbocycles. The molecule has 1 amide bonds. The number of rotatable bonds is 3. The molecule has 4 heterocycles. The number of aromatic nitrogens is 2. The van der Waals surface area contributed by atoms with Crippen LogP contribution in [0.5, 0.6) is 0 Å². The van der Waals surface area contributed by atoms with Crippen LogP contribution in [0, 0.1) is 0 Å². The third-order valence-electron chi connectivity index (χ3n) is 4.78. The van der Waals surface area contributed by atoms with Gasteiger partial charge >= 0.3 is 0 Å². The van der Waals surface area contributed by atoms with Crippen LogP contribution in [-0.4, -0.2) is 46.2 Å². The summed E-state index contributed by atoms with van der Waals surface area (Å²) in [5, 5.41) is 7.52. The van der Waals surface area contributed by atoms with E-state index in [-0.39, 0.29) is 5.91 Å². The van der Waals surface area contributed by atoms with Gasteiger partial charge in [0.25, 0.3) is 5.91 Å². The van der Waals surface area contributed by atoms with Gasteiger partial charge in [-0.05, 0) is 49.3 Å². The second kappa shape index (κ2) is 6.43. The van der Waals surface area contributed by atoms with Gasteiger partial charge in [-0.15, -0.1) is 0 Å². The summed E-state index contributed by atoms with van der Waals surface area (Å²) in [6.07, 6.45) is 8.27. The Morgan fingerprint density at radius 2 is 2.04 bits per heavy atom. The lowest BCUT2D eigenvalue weighted by molar-refractivity contribution is 0.0936. The second-order valence-electron chi connectivity index (χ2n) is 6.33. The number of anilines is 1. The van der Waals surface area contributed by atoms with Crippen molar-refractivity contribution in [2.45, 2.75) is 31.7 Å².